The van der Waals surface area contributed by atoms with Crippen molar-refractivity contribution in [2.75, 3.05) is 0 Å². The zero-order valence-electron chi connectivity index (χ0n) is 20.5. The first-order chi connectivity index (χ1) is 17.1. The second kappa shape index (κ2) is 11.4. The maximum atomic E-state index is 6.10. The molecular weight excluding hydrogens is 621 g/mol. The maximum Gasteiger partial charge on any atom is 0.120 e. The summed E-state index contributed by atoms with van der Waals surface area (Å²) < 4.78 is 6.10. The van der Waals surface area contributed by atoms with Gasteiger partial charge in [-0.2, -0.15) is 0 Å². The molecule has 0 saturated heterocycles. The molecule has 0 atom stereocenters. The normalized spacial score (nSPS) is 10.7. The van der Waals surface area contributed by atoms with Gasteiger partial charge in [0.25, 0.3) is 0 Å². The zero-order valence-corrected chi connectivity index (χ0v) is 22.8. The number of hydrogen-bond acceptors (Lipinski definition) is 3. The standard InChI is InChI=1S/C20H16NO.C12H10N.Ir/c1-13(2)14-11-16-15-7-3-4-9-19(15)22-20(16)17(12-14)18-8-5-6-10-21-18;1-10-5-4-6-11(9-10)12-7-2-3-8-13-12;/h3-11,13H,1-2H3;2-5,7-9H,1H3;/q2*-1;. The van der Waals surface area contributed by atoms with E-state index < -0.39 is 0 Å². The molecule has 1 radical (unpaired) electrons. The van der Waals surface area contributed by atoms with Crippen LogP contribution in [0.15, 0.2) is 102 Å². The molecule has 0 fully saturated rings. The minimum Gasteiger partial charge on any atom is -0.501 e. The summed E-state index contributed by atoms with van der Waals surface area (Å²) in [4.78, 5) is 8.74. The van der Waals surface area contributed by atoms with Crippen LogP contribution < -0.4 is 0 Å². The first kappa shape index (κ1) is 25.5. The Morgan fingerprint density at radius 2 is 1.47 bits per heavy atom. The fraction of sp³-hybridized carbons (Fsp3) is 0.125. The van der Waals surface area contributed by atoms with Gasteiger partial charge >= 0.3 is 0 Å². The van der Waals surface area contributed by atoms with Crippen molar-refractivity contribution >= 4 is 21.9 Å². The van der Waals surface area contributed by atoms with E-state index in [1.54, 1.807) is 12.4 Å². The number of nitrogens with zero attached hydrogens (tertiary/aromatic N) is 2. The molecule has 0 aliphatic carbocycles. The predicted octanol–water partition coefficient (Wildman–Crippen LogP) is 8.43. The molecular formula is C32H26IrN2O-2. The Morgan fingerprint density at radius 3 is 2.14 bits per heavy atom. The third-order valence-corrected chi connectivity index (χ3v) is 5.87. The number of pyridine rings is 2. The van der Waals surface area contributed by atoms with E-state index in [1.165, 1.54) is 11.1 Å². The molecule has 36 heavy (non-hydrogen) atoms. The van der Waals surface area contributed by atoms with Crippen LogP contribution in [-0.4, -0.2) is 9.97 Å². The first-order valence-corrected chi connectivity index (χ1v) is 11.8. The van der Waals surface area contributed by atoms with E-state index in [4.69, 9.17) is 4.42 Å². The van der Waals surface area contributed by atoms with Crippen LogP contribution in [0.1, 0.15) is 30.9 Å². The van der Waals surface area contributed by atoms with Gasteiger partial charge in [0, 0.05) is 37.9 Å². The number of furan rings is 1. The molecule has 0 aliphatic rings. The molecule has 6 aromatic rings. The Kier molecular flexibility index (Phi) is 8.10. The summed E-state index contributed by atoms with van der Waals surface area (Å²) >= 11 is 0. The van der Waals surface area contributed by atoms with Crippen LogP contribution in [-0.2, 0) is 20.1 Å². The summed E-state index contributed by atoms with van der Waals surface area (Å²) in [5, 5.41) is 2.28. The third kappa shape index (κ3) is 5.46. The van der Waals surface area contributed by atoms with Gasteiger partial charge in [0.05, 0.1) is 5.58 Å². The van der Waals surface area contributed by atoms with Crippen molar-refractivity contribution in [1.82, 2.24) is 9.97 Å². The SMILES string of the molecule is CC(C)c1[c-]c(-c2ccccn2)c2oc3ccccc3c2c1.Cc1cc[c-]c(-c2ccccn2)c1.[Ir]. The minimum atomic E-state index is 0. The molecule has 3 nitrogen and oxygen atoms in total. The molecule has 0 N–H and O–H groups in total. The Labute approximate surface area is 225 Å². The molecule has 181 valence electrons. The van der Waals surface area contributed by atoms with Gasteiger partial charge in [0.15, 0.2) is 0 Å². The quantitative estimate of drug-likeness (QED) is 0.181. The number of para-hydroxylation sites is 1. The van der Waals surface area contributed by atoms with Crippen LogP contribution in [0.5, 0.6) is 0 Å². The fourth-order valence-corrected chi connectivity index (χ4v) is 4.04. The molecule has 6 rings (SSSR count). The van der Waals surface area contributed by atoms with Crippen molar-refractivity contribution in [2.45, 2.75) is 26.7 Å². The van der Waals surface area contributed by atoms with E-state index in [0.717, 1.165) is 44.5 Å². The van der Waals surface area contributed by atoms with Crippen LogP contribution in [0.25, 0.3) is 44.5 Å². The number of benzene rings is 3. The Hall–Kier alpha value is -3.59. The van der Waals surface area contributed by atoms with Crippen LogP contribution in [0.3, 0.4) is 0 Å². The van der Waals surface area contributed by atoms with Crippen molar-refractivity contribution in [3.63, 3.8) is 0 Å². The van der Waals surface area contributed by atoms with Gasteiger partial charge in [-0.15, -0.1) is 53.1 Å². The average molecular weight is 647 g/mol. The molecule has 0 aliphatic heterocycles. The molecule has 3 heterocycles. The summed E-state index contributed by atoms with van der Waals surface area (Å²) in [6, 6.07) is 34.9. The number of fused-ring (bicyclic) bond motifs is 3. The zero-order chi connectivity index (χ0) is 24.2. The number of rotatable bonds is 3. The van der Waals surface area contributed by atoms with Gasteiger partial charge in [-0.25, -0.2) is 0 Å². The fourth-order valence-electron chi connectivity index (χ4n) is 4.04. The second-order valence-electron chi connectivity index (χ2n) is 8.81. The minimum absolute atomic E-state index is 0. The number of hydrogen-bond donors (Lipinski definition) is 0. The molecule has 4 heteroatoms. The topological polar surface area (TPSA) is 38.9 Å². The molecule has 3 aromatic heterocycles. The molecule has 0 saturated carbocycles. The monoisotopic (exact) mass is 647 g/mol. The smallest absolute Gasteiger partial charge is 0.120 e. The van der Waals surface area contributed by atoms with E-state index in [2.05, 4.69) is 61.1 Å². The molecule has 0 spiro atoms. The van der Waals surface area contributed by atoms with Crippen molar-refractivity contribution < 1.29 is 24.5 Å². The summed E-state index contributed by atoms with van der Waals surface area (Å²) in [5.41, 5.74) is 8.06. The van der Waals surface area contributed by atoms with Crippen LogP contribution >= 0.6 is 0 Å². The van der Waals surface area contributed by atoms with E-state index in [1.807, 2.05) is 66.7 Å². The largest absolute Gasteiger partial charge is 0.501 e. The summed E-state index contributed by atoms with van der Waals surface area (Å²) in [5.74, 6) is 0.403. The van der Waals surface area contributed by atoms with Crippen molar-refractivity contribution in [2.24, 2.45) is 0 Å². The van der Waals surface area contributed by atoms with E-state index >= 15 is 0 Å². The van der Waals surface area contributed by atoms with Crippen molar-refractivity contribution in [1.29, 1.82) is 0 Å². The van der Waals surface area contributed by atoms with Gasteiger partial charge < -0.3 is 14.4 Å². The van der Waals surface area contributed by atoms with Gasteiger partial charge in [-0.05, 0) is 35.5 Å². The summed E-state index contributed by atoms with van der Waals surface area (Å²) in [6.45, 7) is 6.44. The average Bonchev–Trinajstić information content (AvgIpc) is 3.28. The maximum absolute atomic E-state index is 6.10. The van der Waals surface area contributed by atoms with E-state index in [9.17, 15) is 0 Å². The summed E-state index contributed by atoms with van der Waals surface area (Å²) in [6.07, 6.45) is 3.60. The van der Waals surface area contributed by atoms with Crippen LogP contribution in [0, 0.1) is 19.1 Å². The Morgan fingerprint density at radius 1 is 0.778 bits per heavy atom. The summed E-state index contributed by atoms with van der Waals surface area (Å²) in [7, 11) is 0. The van der Waals surface area contributed by atoms with Gasteiger partial charge in [-0.3, -0.25) is 0 Å². The number of aromatic nitrogens is 2. The molecule has 0 amide bonds. The Balaban J connectivity index is 0.000000187. The predicted molar refractivity (Wildman–Crippen MR) is 143 cm³/mol. The van der Waals surface area contributed by atoms with E-state index in [-0.39, 0.29) is 20.1 Å². The second-order valence-corrected chi connectivity index (χ2v) is 8.81. The van der Waals surface area contributed by atoms with Gasteiger partial charge in [-0.1, -0.05) is 74.2 Å². The van der Waals surface area contributed by atoms with Crippen LogP contribution in [0.2, 0.25) is 0 Å². The molecule has 0 unspecified atom stereocenters. The van der Waals surface area contributed by atoms with Gasteiger partial charge in [0.1, 0.15) is 5.58 Å². The number of aryl methyl sites for hydroxylation is 1. The molecule has 0 bridgehead atoms. The van der Waals surface area contributed by atoms with Crippen molar-refractivity contribution in [3.8, 4) is 22.5 Å². The Bertz CT molecular complexity index is 1570. The van der Waals surface area contributed by atoms with Gasteiger partial charge in [0.2, 0.25) is 0 Å². The van der Waals surface area contributed by atoms with E-state index in [0.29, 0.717) is 5.92 Å². The van der Waals surface area contributed by atoms with Crippen LogP contribution in [0.4, 0.5) is 0 Å². The van der Waals surface area contributed by atoms with Crippen molar-refractivity contribution in [3.05, 3.63) is 121 Å². The molecule has 3 aromatic carbocycles. The first-order valence-electron chi connectivity index (χ1n) is 11.8. The third-order valence-electron chi connectivity index (χ3n) is 5.87.